The molecule has 0 aromatic heterocycles. The fraction of sp³-hybridized carbons (Fsp3) is 0.556. The van der Waals surface area contributed by atoms with Crippen molar-refractivity contribution in [3.05, 3.63) is 35.4 Å². The third-order valence-corrected chi connectivity index (χ3v) is 5.02. The number of methoxy groups -OCH3 is 1. The minimum absolute atomic E-state index is 0.0246. The summed E-state index contributed by atoms with van der Waals surface area (Å²) in [5.41, 5.74) is 0.153. The van der Waals surface area contributed by atoms with E-state index in [2.05, 4.69) is 15.2 Å². The number of hydrogen-bond acceptors (Lipinski definition) is 3. The van der Waals surface area contributed by atoms with Crippen LogP contribution in [0.15, 0.2) is 23.2 Å². The standard InChI is InChI=1S/C18H23F2N3O2/c1-21-18(23-8-6-11(7-9-23)17(24)25-2)22-15-10-12(15)16-13(19)4-3-5-14(16)20/h3-5,11-12,15H,6-10H2,1-2H3,(H,21,22). The summed E-state index contributed by atoms with van der Waals surface area (Å²) in [6.45, 7) is 1.40. The molecule has 1 N–H and O–H groups in total. The Kier molecular flexibility index (Phi) is 5.20. The number of benzene rings is 1. The Morgan fingerprint density at radius 3 is 2.48 bits per heavy atom. The zero-order valence-corrected chi connectivity index (χ0v) is 14.5. The van der Waals surface area contributed by atoms with Gasteiger partial charge in [-0.3, -0.25) is 9.79 Å². The lowest BCUT2D eigenvalue weighted by atomic mass is 9.97. The Bertz CT molecular complexity index is 652. The molecule has 1 aliphatic carbocycles. The second-order valence-electron chi connectivity index (χ2n) is 6.56. The van der Waals surface area contributed by atoms with Crippen LogP contribution in [0, 0.1) is 17.6 Å². The first-order chi connectivity index (χ1) is 12.0. The number of esters is 1. The second-order valence-corrected chi connectivity index (χ2v) is 6.56. The summed E-state index contributed by atoms with van der Waals surface area (Å²) in [5, 5.41) is 3.30. The van der Waals surface area contributed by atoms with E-state index >= 15 is 0 Å². The molecule has 1 aromatic rings. The van der Waals surface area contributed by atoms with Crippen molar-refractivity contribution in [2.75, 3.05) is 27.2 Å². The van der Waals surface area contributed by atoms with Crippen LogP contribution < -0.4 is 5.32 Å². The third-order valence-electron chi connectivity index (χ3n) is 5.02. The van der Waals surface area contributed by atoms with Gasteiger partial charge in [0.2, 0.25) is 0 Å². The number of nitrogens with zero attached hydrogens (tertiary/aromatic N) is 2. The van der Waals surface area contributed by atoms with Crippen LogP contribution in [0.25, 0.3) is 0 Å². The van der Waals surface area contributed by atoms with Crippen LogP contribution in [0.5, 0.6) is 0 Å². The highest BCUT2D eigenvalue weighted by molar-refractivity contribution is 5.81. The van der Waals surface area contributed by atoms with Crippen LogP contribution in [0.1, 0.15) is 30.7 Å². The Morgan fingerprint density at radius 2 is 1.92 bits per heavy atom. The van der Waals surface area contributed by atoms with Gasteiger partial charge in [-0.25, -0.2) is 8.78 Å². The zero-order valence-electron chi connectivity index (χ0n) is 14.5. The van der Waals surface area contributed by atoms with Crippen LogP contribution in [-0.2, 0) is 9.53 Å². The summed E-state index contributed by atoms with van der Waals surface area (Å²) >= 11 is 0. The van der Waals surface area contributed by atoms with E-state index in [1.807, 2.05) is 0 Å². The van der Waals surface area contributed by atoms with E-state index < -0.39 is 11.6 Å². The molecule has 2 unspecified atom stereocenters. The molecule has 1 saturated carbocycles. The van der Waals surface area contributed by atoms with Crippen molar-refractivity contribution in [2.24, 2.45) is 10.9 Å². The Morgan fingerprint density at radius 1 is 1.28 bits per heavy atom. The summed E-state index contributed by atoms with van der Waals surface area (Å²) in [7, 11) is 3.10. The first-order valence-corrected chi connectivity index (χ1v) is 8.55. The molecular weight excluding hydrogens is 328 g/mol. The SMILES string of the molecule is CN=C(NC1CC1c1c(F)cccc1F)N1CCC(C(=O)OC)CC1. The molecule has 0 amide bonds. The van der Waals surface area contributed by atoms with Crippen molar-refractivity contribution in [3.63, 3.8) is 0 Å². The maximum Gasteiger partial charge on any atom is 0.308 e. The molecule has 2 fully saturated rings. The summed E-state index contributed by atoms with van der Waals surface area (Å²) in [6, 6.07) is 3.94. The van der Waals surface area contributed by atoms with Crippen LogP contribution >= 0.6 is 0 Å². The quantitative estimate of drug-likeness (QED) is 0.516. The van der Waals surface area contributed by atoms with Gasteiger partial charge < -0.3 is 15.0 Å². The van der Waals surface area contributed by atoms with Crippen LogP contribution in [0.4, 0.5) is 8.78 Å². The maximum absolute atomic E-state index is 13.9. The van der Waals surface area contributed by atoms with Gasteiger partial charge in [0.15, 0.2) is 5.96 Å². The van der Waals surface area contributed by atoms with E-state index in [4.69, 9.17) is 4.74 Å². The predicted molar refractivity (Wildman–Crippen MR) is 90.3 cm³/mol. The predicted octanol–water partition coefficient (Wildman–Crippen LogP) is 2.28. The molecule has 1 aromatic carbocycles. The first-order valence-electron chi connectivity index (χ1n) is 8.55. The van der Waals surface area contributed by atoms with E-state index in [1.165, 1.54) is 25.3 Å². The van der Waals surface area contributed by atoms with Gasteiger partial charge in [-0.05, 0) is 31.4 Å². The number of nitrogens with one attached hydrogen (secondary N) is 1. The van der Waals surface area contributed by atoms with E-state index in [9.17, 15) is 13.6 Å². The Labute approximate surface area is 146 Å². The first kappa shape index (κ1) is 17.6. The average Bonchev–Trinajstić information content (AvgIpc) is 3.38. The minimum atomic E-state index is -0.497. The number of rotatable bonds is 3. The van der Waals surface area contributed by atoms with E-state index in [0.29, 0.717) is 38.3 Å². The lowest BCUT2D eigenvalue weighted by Crippen LogP contribution is -2.47. The summed E-state index contributed by atoms with van der Waals surface area (Å²) in [4.78, 5) is 18.0. The second kappa shape index (κ2) is 7.37. The zero-order chi connectivity index (χ0) is 18.0. The largest absolute Gasteiger partial charge is 0.469 e. The van der Waals surface area contributed by atoms with Crippen molar-refractivity contribution >= 4 is 11.9 Å². The summed E-state index contributed by atoms with van der Waals surface area (Å²) in [6.07, 6.45) is 2.10. The molecule has 2 aliphatic rings. The molecule has 7 heteroatoms. The molecule has 136 valence electrons. The number of hydrogen-bond donors (Lipinski definition) is 1. The highest BCUT2D eigenvalue weighted by atomic mass is 19.1. The highest BCUT2D eigenvalue weighted by Gasteiger charge is 2.43. The van der Waals surface area contributed by atoms with E-state index in [1.54, 1.807) is 7.05 Å². The molecule has 25 heavy (non-hydrogen) atoms. The molecule has 0 spiro atoms. The van der Waals surface area contributed by atoms with Gasteiger partial charge in [-0.15, -0.1) is 0 Å². The molecule has 1 aliphatic heterocycles. The van der Waals surface area contributed by atoms with Gasteiger partial charge in [-0.2, -0.15) is 0 Å². The summed E-state index contributed by atoms with van der Waals surface area (Å²) < 4.78 is 32.6. The van der Waals surface area contributed by atoms with Crippen molar-refractivity contribution in [3.8, 4) is 0 Å². The fourth-order valence-corrected chi connectivity index (χ4v) is 3.50. The van der Waals surface area contributed by atoms with E-state index in [0.717, 1.165) is 0 Å². The van der Waals surface area contributed by atoms with Gasteiger partial charge in [-0.1, -0.05) is 6.07 Å². The van der Waals surface area contributed by atoms with Crippen molar-refractivity contribution in [1.82, 2.24) is 10.2 Å². The molecule has 1 heterocycles. The molecule has 5 nitrogen and oxygen atoms in total. The third kappa shape index (κ3) is 3.75. The number of halogens is 2. The molecule has 1 saturated heterocycles. The van der Waals surface area contributed by atoms with Gasteiger partial charge in [0, 0.05) is 37.7 Å². The number of aliphatic imine (C=N–C) groups is 1. The molecule has 2 atom stereocenters. The lowest BCUT2D eigenvalue weighted by Gasteiger charge is -2.33. The summed E-state index contributed by atoms with van der Waals surface area (Å²) in [5.74, 6) is -0.690. The number of carbonyl (C=O) groups is 1. The highest BCUT2D eigenvalue weighted by Crippen LogP contribution is 2.43. The number of guanidine groups is 1. The van der Waals surface area contributed by atoms with Crippen molar-refractivity contribution in [2.45, 2.75) is 31.2 Å². The fourth-order valence-electron chi connectivity index (χ4n) is 3.50. The molecule has 0 radical (unpaired) electrons. The van der Waals surface area contributed by atoms with Crippen molar-refractivity contribution in [1.29, 1.82) is 0 Å². The Balaban J connectivity index is 1.57. The molecule has 3 rings (SSSR count). The van der Waals surface area contributed by atoms with Gasteiger partial charge in [0.25, 0.3) is 0 Å². The number of carbonyl (C=O) groups excluding carboxylic acids is 1. The van der Waals surface area contributed by atoms with Crippen LogP contribution in [-0.4, -0.2) is 50.1 Å². The molecule has 0 bridgehead atoms. The van der Waals surface area contributed by atoms with E-state index in [-0.39, 0.29) is 29.4 Å². The normalized spacial score (nSPS) is 24.2. The van der Waals surface area contributed by atoms with Gasteiger partial charge >= 0.3 is 5.97 Å². The van der Waals surface area contributed by atoms with Crippen LogP contribution in [0.2, 0.25) is 0 Å². The number of likely N-dealkylation sites (tertiary alicyclic amines) is 1. The topological polar surface area (TPSA) is 53.9 Å². The number of piperidine rings is 1. The lowest BCUT2D eigenvalue weighted by molar-refractivity contribution is -0.146. The van der Waals surface area contributed by atoms with Gasteiger partial charge in [0.05, 0.1) is 13.0 Å². The van der Waals surface area contributed by atoms with Gasteiger partial charge in [0.1, 0.15) is 11.6 Å². The minimum Gasteiger partial charge on any atom is -0.469 e. The average molecular weight is 351 g/mol. The smallest absolute Gasteiger partial charge is 0.308 e. The molecular formula is C18H23F2N3O2. The number of ether oxygens (including phenoxy) is 1. The van der Waals surface area contributed by atoms with Crippen molar-refractivity contribution < 1.29 is 18.3 Å². The van der Waals surface area contributed by atoms with Crippen LogP contribution in [0.3, 0.4) is 0 Å². The maximum atomic E-state index is 13.9. The monoisotopic (exact) mass is 351 g/mol. The Hall–Kier alpha value is -2.18.